The maximum atomic E-state index is 4.32. The standard InChI is InChI=1S/C14H23IN4/c1-11-5-4-6-14(7-11,19(2)3)9-17-13-12(15)8-16-10-18-13/h8,10-11H,4-7,9H2,1-3H3,(H,16,17,18). The summed E-state index contributed by atoms with van der Waals surface area (Å²) in [4.78, 5) is 10.8. The van der Waals surface area contributed by atoms with Gasteiger partial charge in [0, 0.05) is 18.3 Å². The lowest BCUT2D eigenvalue weighted by Gasteiger charge is -2.45. The Morgan fingerprint density at radius 3 is 2.95 bits per heavy atom. The molecule has 1 aromatic heterocycles. The third-order valence-corrected chi connectivity index (χ3v) is 5.06. The topological polar surface area (TPSA) is 41.1 Å². The third-order valence-electron chi connectivity index (χ3n) is 4.27. The fourth-order valence-electron chi connectivity index (χ4n) is 3.05. The van der Waals surface area contributed by atoms with Gasteiger partial charge in [-0.3, -0.25) is 0 Å². The zero-order valence-electron chi connectivity index (χ0n) is 12.0. The Bertz CT molecular complexity index is 424. The molecule has 1 aromatic rings. The molecule has 1 N–H and O–H groups in total. The summed E-state index contributed by atoms with van der Waals surface area (Å²) in [7, 11) is 4.40. The van der Waals surface area contributed by atoms with Crippen molar-refractivity contribution in [2.24, 2.45) is 5.92 Å². The van der Waals surface area contributed by atoms with Crippen LogP contribution in [-0.2, 0) is 0 Å². The van der Waals surface area contributed by atoms with Crippen LogP contribution in [0.2, 0.25) is 0 Å². The maximum absolute atomic E-state index is 4.32. The number of likely N-dealkylation sites (N-methyl/N-ethyl adjacent to an activating group) is 1. The van der Waals surface area contributed by atoms with Crippen LogP contribution in [0.4, 0.5) is 5.82 Å². The van der Waals surface area contributed by atoms with Gasteiger partial charge in [0.15, 0.2) is 0 Å². The van der Waals surface area contributed by atoms with Gasteiger partial charge in [0.25, 0.3) is 0 Å². The van der Waals surface area contributed by atoms with Crippen molar-refractivity contribution < 1.29 is 0 Å². The average molecular weight is 374 g/mol. The molecule has 0 saturated heterocycles. The molecule has 0 bridgehead atoms. The van der Waals surface area contributed by atoms with E-state index >= 15 is 0 Å². The van der Waals surface area contributed by atoms with Crippen LogP contribution < -0.4 is 5.32 Å². The Morgan fingerprint density at radius 1 is 1.53 bits per heavy atom. The molecule has 2 unspecified atom stereocenters. The van der Waals surface area contributed by atoms with Gasteiger partial charge in [-0.25, -0.2) is 9.97 Å². The second-order valence-corrected chi connectivity index (χ2v) is 7.06. The summed E-state index contributed by atoms with van der Waals surface area (Å²) >= 11 is 2.28. The van der Waals surface area contributed by atoms with E-state index in [-0.39, 0.29) is 5.54 Å². The van der Waals surface area contributed by atoms with Gasteiger partial charge in [0.05, 0.1) is 3.57 Å². The first kappa shape index (κ1) is 15.0. The van der Waals surface area contributed by atoms with Crippen LogP contribution in [0.1, 0.15) is 32.6 Å². The van der Waals surface area contributed by atoms with Gasteiger partial charge >= 0.3 is 0 Å². The van der Waals surface area contributed by atoms with Gasteiger partial charge < -0.3 is 10.2 Å². The second-order valence-electron chi connectivity index (χ2n) is 5.89. The Kier molecular flexibility index (Phi) is 5.00. The smallest absolute Gasteiger partial charge is 0.142 e. The third kappa shape index (κ3) is 3.56. The highest BCUT2D eigenvalue weighted by molar-refractivity contribution is 14.1. The summed E-state index contributed by atoms with van der Waals surface area (Å²) in [5.41, 5.74) is 0.256. The number of hydrogen-bond acceptors (Lipinski definition) is 4. The first-order valence-corrected chi connectivity index (χ1v) is 7.98. The van der Waals surface area contributed by atoms with Crippen LogP contribution in [0.3, 0.4) is 0 Å². The van der Waals surface area contributed by atoms with Crippen molar-refractivity contribution in [3.63, 3.8) is 0 Å². The molecule has 1 fully saturated rings. The second kappa shape index (κ2) is 6.35. The van der Waals surface area contributed by atoms with Crippen molar-refractivity contribution in [3.8, 4) is 0 Å². The maximum Gasteiger partial charge on any atom is 0.142 e. The van der Waals surface area contributed by atoms with Crippen LogP contribution in [0.25, 0.3) is 0 Å². The van der Waals surface area contributed by atoms with Crippen LogP contribution in [-0.4, -0.2) is 41.0 Å². The van der Waals surface area contributed by atoms with Crippen molar-refractivity contribution in [3.05, 3.63) is 16.1 Å². The fraction of sp³-hybridized carbons (Fsp3) is 0.714. The van der Waals surface area contributed by atoms with Crippen LogP contribution in [0, 0.1) is 9.49 Å². The summed E-state index contributed by atoms with van der Waals surface area (Å²) in [5.74, 6) is 1.76. The van der Waals surface area contributed by atoms with Crippen LogP contribution in [0.5, 0.6) is 0 Å². The van der Waals surface area contributed by atoms with E-state index in [4.69, 9.17) is 0 Å². The molecule has 0 radical (unpaired) electrons. The molecule has 0 aliphatic heterocycles. The molecular weight excluding hydrogens is 351 g/mol. The largest absolute Gasteiger partial charge is 0.367 e. The molecule has 0 amide bonds. The lowest BCUT2D eigenvalue weighted by atomic mass is 9.75. The molecule has 4 nitrogen and oxygen atoms in total. The number of rotatable bonds is 4. The van der Waals surface area contributed by atoms with E-state index in [1.165, 1.54) is 25.7 Å². The minimum atomic E-state index is 0.256. The van der Waals surface area contributed by atoms with Crippen LogP contribution in [0.15, 0.2) is 12.5 Å². The number of hydrogen-bond donors (Lipinski definition) is 1. The monoisotopic (exact) mass is 374 g/mol. The normalized spacial score (nSPS) is 27.5. The molecule has 1 aliphatic carbocycles. The predicted octanol–water partition coefficient (Wildman–Crippen LogP) is 3.00. The number of nitrogens with zero attached hydrogens (tertiary/aromatic N) is 3. The Labute approximate surface area is 129 Å². The highest BCUT2D eigenvalue weighted by atomic mass is 127. The van der Waals surface area contributed by atoms with Crippen LogP contribution >= 0.6 is 22.6 Å². The zero-order valence-corrected chi connectivity index (χ0v) is 14.1. The Balaban J connectivity index is 2.07. The molecule has 0 spiro atoms. The van der Waals surface area contributed by atoms with Gasteiger partial charge in [-0.15, -0.1) is 0 Å². The van der Waals surface area contributed by atoms with Crippen molar-refractivity contribution >= 4 is 28.4 Å². The summed E-state index contributed by atoms with van der Waals surface area (Å²) in [6, 6.07) is 0. The van der Waals surface area contributed by atoms with Crippen molar-refractivity contribution in [1.29, 1.82) is 0 Å². The van der Waals surface area contributed by atoms with E-state index < -0.39 is 0 Å². The number of anilines is 1. The lowest BCUT2D eigenvalue weighted by molar-refractivity contribution is 0.0881. The minimum absolute atomic E-state index is 0.256. The van der Waals surface area contributed by atoms with Gasteiger partial charge in [-0.1, -0.05) is 19.8 Å². The van der Waals surface area contributed by atoms with E-state index in [0.29, 0.717) is 0 Å². The van der Waals surface area contributed by atoms with Gasteiger partial charge in [0.1, 0.15) is 12.1 Å². The van der Waals surface area contributed by atoms with Crippen molar-refractivity contribution in [2.45, 2.75) is 38.1 Å². The van der Waals surface area contributed by atoms with Crippen molar-refractivity contribution in [1.82, 2.24) is 14.9 Å². The number of halogens is 1. The summed E-state index contributed by atoms with van der Waals surface area (Å²) in [5, 5.41) is 3.53. The molecular formula is C14H23IN4. The Morgan fingerprint density at radius 2 is 2.32 bits per heavy atom. The minimum Gasteiger partial charge on any atom is -0.367 e. The molecule has 19 heavy (non-hydrogen) atoms. The number of nitrogens with one attached hydrogen (secondary N) is 1. The molecule has 2 rings (SSSR count). The fourth-order valence-corrected chi connectivity index (χ4v) is 3.54. The molecule has 1 heterocycles. The Hall–Kier alpha value is -0.430. The summed E-state index contributed by atoms with van der Waals surface area (Å²) in [6.07, 6.45) is 8.66. The molecule has 2 atom stereocenters. The van der Waals surface area contributed by atoms with Gasteiger partial charge in [-0.05, 0) is 55.4 Å². The first-order chi connectivity index (χ1) is 9.03. The summed E-state index contributed by atoms with van der Waals surface area (Å²) < 4.78 is 1.08. The lowest BCUT2D eigenvalue weighted by Crippen LogP contribution is -2.52. The van der Waals surface area contributed by atoms with E-state index in [0.717, 1.165) is 21.9 Å². The van der Waals surface area contributed by atoms with E-state index in [1.54, 1.807) is 6.33 Å². The van der Waals surface area contributed by atoms with Gasteiger partial charge in [0.2, 0.25) is 0 Å². The molecule has 0 aromatic carbocycles. The highest BCUT2D eigenvalue weighted by Gasteiger charge is 2.36. The molecule has 5 heteroatoms. The predicted molar refractivity (Wildman–Crippen MR) is 87.3 cm³/mol. The average Bonchev–Trinajstić information content (AvgIpc) is 2.38. The first-order valence-electron chi connectivity index (χ1n) is 6.90. The van der Waals surface area contributed by atoms with Crippen molar-refractivity contribution in [2.75, 3.05) is 26.0 Å². The number of aromatic nitrogens is 2. The zero-order chi connectivity index (χ0) is 13.9. The van der Waals surface area contributed by atoms with Gasteiger partial charge in [-0.2, -0.15) is 0 Å². The molecule has 1 aliphatic rings. The summed E-state index contributed by atoms with van der Waals surface area (Å²) in [6.45, 7) is 3.32. The SMILES string of the molecule is CC1CCCC(CNc2ncncc2I)(N(C)C)C1. The quantitative estimate of drug-likeness (QED) is 0.823. The molecule has 1 saturated carbocycles. The molecule has 106 valence electrons. The van der Waals surface area contributed by atoms with E-state index in [9.17, 15) is 0 Å². The van der Waals surface area contributed by atoms with E-state index in [1.807, 2.05) is 6.20 Å². The highest BCUT2D eigenvalue weighted by Crippen LogP contribution is 2.35. The van der Waals surface area contributed by atoms with E-state index in [2.05, 4.69) is 63.8 Å².